The summed E-state index contributed by atoms with van der Waals surface area (Å²) in [5, 5.41) is 7.27. The lowest BCUT2D eigenvalue weighted by Crippen LogP contribution is -2.48. The Hall–Kier alpha value is -3.24. The fourth-order valence-corrected chi connectivity index (χ4v) is 5.69. The van der Waals surface area contributed by atoms with Crippen molar-refractivity contribution >= 4 is 21.6 Å². The van der Waals surface area contributed by atoms with Crippen LogP contribution < -0.4 is 10.2 Å². The molecule has 0 atom stereocenters. The number of aromatic nitrogens is 2. The number of carbonyl (C=O) groups is 1. The van der Waals surface area contributed by atoms with Crippen LogP contribution in [-0.4, -0.2) is 61.1 Å². The van der Waals surface area contributed by atoms with Gasteiger partial charge in [0, 0.05) is 56.2 Å². The van der Waals surface area contributed by atoms with Crippen LogP contribution in [0, 0.1) is 19.7 Å². The first-order valence-electron chi connectivity index (χ1n) is 11.6. The van der Waals surface area contributed by atoms with Crippen molar-refractivity contribution in [2.45, 2.75) is 31.7 Å². The number of sulfonamides is 1. The molecule has 1 amide bonds. The second-order valence-electron chi connectivity index (χ2n) is 8.66. The fraction of sp³-hybridized carbons (Fsp3) is 0.360. The molecule has 3 aromatic rings. The van der Waals surface area contributed by atoms with Gasteiger partial charge in [0.15, 0.2) is 0 Å². The Morgan fingerprint density at radius 2 is 1.74 bits per heavy atom. The molecule has 186 valence electrons. The number of piperazine rings is 1. The first kappa shape index (κ1) is 24.9. The van der Waals surface area contributed by atoms with E-state index in [1.165, 1.54) is 28.6 Å². The van der Waals surface area contributed by atoms with E-state index in [1.54, 1.807) is 24.3 Å². The molecule has 1 fully saturated rings. The van der Waals surface area contributed by atoms with Gasteiger partial charge in [0.25, 0.3) is 5.91 Å². The van der Waals surface area contributed by atoms with E-state index in [1.807, 2.05) is 29.5 Å². The summed E-state index contributed by atoms with van der Waals surface area (Å²) in [5.41, 5.74) is 3.20. The number of amides is 1. The van der Waals surface area contributed by atoms with Crippen LogP contribution in [0.2, 0.25) is 0 Å². The molecule has 0 bridgehead atoms. The summed E-state index contributed by atoms with van der Waals surface area (Å²) in [6.45, 7) is 6.70. The van der Waals surface area contributed by atoms with E-state index in [-0.39, 0.29) is 16.6 Å². The summed E-state index contributed by atoms with van der Waals surface area (Å²) in [6.07, 6.45) is 0.712. The zero-order valence-corrected chi connectivity index (χ0v) is 20.8. The van der Waals surface area contributed by atoms with Gasteiger partial charge in [-0.1, -0.05) is 6.07 Å². The molecule has 1 N–H and O–H groups in total. The van der Waals surface area contributed by atoms with E-state index in [2.05, 4.69) is 10.4 Å². The standard InChI is InChI=1S/C25H30FN5O3S/c1-19-17-20(2)31(28-19)12-4-11-27-25(32)21-5-3-6-24(18-21)35(33,34)30-15-13-29(14-16-30)23-9-7-22(26)8-10-23/h3,5-10,17-18H,4,11-16H2,1-2H3,(H,27,32). The van der Waals surface area contributed by atoms with Crippen molar-refractivity contribution in [2.75, 3.05) is 37.6 Å². The van der Waals surface area contributed by atoms with E-state index in [0.29, 0.717) is 51.3 Å². The number of hydrogen-bond donors (Lipinski definition) is 1. The Labute approximate surface area is 205 Å². The van der Waals surface area contributed by atoms with Crippen LogP contribution in [-0.2, 0) is 16.6 Å². The predicted molar refractivity (Wildman–Crippen MR) is 132 cm³/mol. The third-order valence-electron chi connectivity index (χ3n) is 6.10. The summed E-state index contributed by atoms with van der Waals surface area (Å²) in [7, 11) is -3.74. The molecule has 4 rings (SSSR count). The van der Waals surface area contributed by atoms with E-state index >= 15 is 0 Å². The Balaban J connectivity index is 1.33. The zero-order chi connectivity index (χ0) is 25.0. The first-order chi connectivity index (χ1) is 16.7. The molecule has 2 aromatic carbocycles. The maximum atomic E-state index is 13.2. The highest BCUT2D eigenvalue weighted by molar-refractivity contribution is 7.89. The number of halogens is 1. The van der Waals surface area contributed by atoms with Crippen LogP contribution in [0.1, 0.15) is 28.2 Å². The molecule has 1 aliphatic heterocycles. The highest BCUT2D eigenvalue weighted by Gasteiger charge is 2.29. The quantitative estimate of drug-likeness (QED) is 0.482. The summed E-state index contributed by atoms with van der Waals surface area (Å²) >= 11 is 0. The highest BCUT2D eigenvalue weighted by Crippen LogP contribution is 2.22. The van der Waals surface area contributed by atoms with E-state index in [4.69, 9.17) is 0 Å². The number of carbonyl (C=O) groups excluding carboxylic acids is 1. The SMILES string of the molecule is Cc1cc(C)n(CCCNC(=O)c2cccc(S(=O)(=O)N3CCN(c4ccc(F)cc4)CC3)c2)n1. The van der Waals surface area contributed by atoms with Crippen molar-refractivity contribution in [3.05, 3.63) is 77.4 Å². The maximum absolute atomic E-state index is 13.2. The monoisotopic (exact) mass is 499 g/mol. The Morgan fingerprint density at radius 1 is 1.03 bits per heavy atom. The van der Waals surface area contributed by atoms with Crippen LogP contribution in [0.25, 0.3) is 0 Å². The number of rotatable bonds is 8. The molecule has 0 aliphatic carbocycles. The van der Waals surface area contributed by atoms with Gasteiger partial charge in [-0.3, -0.25) is 9.48 Å². The van der Waals surface area contributed by atoms with Crippen LogP contribution in [0.15, 0.2) is 59.5 Å². The smallest absolute Gasteiger partial charge is 0.251 e. The molecule has 2 heterocycles. The molecule has 0 unspecified atom stereocenters. The van der Waals surface area contributed by atoms with Gasteiger partial charge in [-0.25, -0.2) is 12.8 Å². The third-order valence-corrected chi connectivity index (χ3v) is 7.99. The van der Waals surface area contributed by atoms with Gasteiger partial charge >= 0.3 is 0 Å². The normalized spacial score (nSPS) is 14.8. The van der Waals surface area contributed by atoms with Gasteiger partial charge in [-0.15, -0.1) is 0 Å². The van der Waals surface area contributed by atoms with Gasteiger partial charge in [0.05, 0.1) is 10.6 Å². The molecule has 1 aromatic heterocycles. The minimum absolute atomic E-state index is 0.100. The summed E-state index contributed by atoms with van der Waals surface area (Å²) < 4.78 is 43.0. The minimum atomic E-state index is -3.74. The lowest BCUT2D eigenvalue weighted by Gasteiger charge is -2.35. The maximum Gasteiger partial charge on any atom is 0.251 e. The van der Waals surface area contributed by atoms with Crippen LogP contribution in [0.4, 0.5) is 10.1 Å². The Bertz CT molecular complexity index is 1280. The van der Waals surface area contributed by atoms with Crippen LogP contribution >= 0.6 is 0 Å². The van der Waals surface area contributed by atoms with Crippen molar-refractivity contribution in [3.63, 3.8) is 0 Å². The molecule has 0 radical (unpaired) electrons. The van der Waals surface area contributed by atoms with Crippen LogP contribution in [0.3, 0.4) is 0 Å². The molecule has 10 heteroatoms. The van der Waals surface area contributed by atoms with Gasteiger partial charge in [0.1, 0.15) is 5.82 Å². The Kier molecular flexibility index (Phi) is 7.51. The highest BCUT2D eigenvalue weighted by atomic mass is 32.2. The molecular formula is C25H30FN5O3S. The summed E-state index contributed by atoms with van der Waals surface area (Å²) in [6, 6.07) is 14.3. The van der Waals surface area contributed by atoms with Gasteiger partial charge in [-0.05, 0) is 68.8 Å². The minimum Gasteiger partial charge on any atom is -0.369 e. The molecule has 1 saturated heterocycles. The molecular weight excluding hydrogens is 469 g/mol. The number of nitrogens with zero attached hydrogens (tertiary/aromatic N) is 4. The molecule has 8 nitrogen and oxygen atoms in total. The predicted octanol–water partition coefficient (Wildman–Crippen LogP) is 2.97. The number of aryl methyl sites for hydroxylation is 3. The summed E-state index contributed by atoms with van der Waals surface area (Å²) in [5.74, 6) is -0.612. The van der Waals surface area contributed by atoms with E-state index < -0.39 is 10.0 Å². The van der Waals surface area contributed by atoms with E-state index in [0.717, 1.165) is 17.1 Å². The lowest BCUT2D eigenvalue weighted by molar-refractivity contribution is 0.0952. The fourth-order valence-electron chi connectivity index (χ4n) is 4.22. The van der Waals surface area contributed by atoms with Crippen molar-refractivity contribution in [3.8, 4) is 0 Å². The number of benzene rings is 2. The first-order valence-corrected chi connectivity index (χ1v) is 13.1. The van der Waals surface area contributed by atoms with Crippen molar-refractivity contribution in [1.82, 2.24) is 19.4 Å². The number of anilines is 1. The molecule has 35 heavy (non-hydrogen) atoms. The average molecular weight is 500 g/mol. The average Bonchev–Trinajstić information content (AvgIpc) is 3.19. The molecule has 0 saturated carbocycles. The second-order valence-corrected chi connectivity index (χ2v) is 10.6. The number of nitrogens with one attached hydrogen (secondary N) is 1. The van der Waals surface area contributed by atoms with Gasteiger partial charge in [0.2, 0.25) is 10.0 Å². The van der Waals surface area contributed by atoms with Gasteiger partial charge in [-0.2, -0.15) is 9.40 Å². The molecule has 0 spiro atoms. The van der Waals surface area contributed by atoms with Gasteiger partial charge < -0.3 is 10.2 Å². The second kappa shape index (κ2) is 10.6. The van der Waals surface area contributed by atoms with Crippen molar-refractivity contribution < 1.29 is 17.6 Å². The van der Waals surface area contributed by atoms with Crippen LogP contribution in [0.5, 0.6) is 0 Å². The summed E-state index contributed by atoms with van der Waals surface area (Å²) in [4.78, 5) is 14.8. The number of hydrogen-bond acceptors (Lipinski definition) is 5. The van der Waals surface area contributed by atoms with Crippen molar-refractivity contribution in [1.29, 1.82) is 0 Å². The van der Waals surface area contributed by atoms with E-state index in [9.17, 15) is 17.6 Å². The molecule has 1 aliphatic rings. The third kappa shape index (κ3) is 5.88. The zero-order valence-electron chi connectivity index (χ0n) is 19.9. The Morgan fingerprint density at radius 3 is 2.40 bits per heavy atom. The topological polar surface area (TPSA) is 87.5 Å². The largest absolute Gasteiger partial charge is 0.369 e. The lowest BCUT2D eigenvalue weighted by atomic mass is 10.2. The van der Waals surface area contributed by atoms with Crippen molar-refractivity contribution in [2.24, 2.45) is 0 Å².